The standard InChI is InChI=1S/C9H17FO2/c1-7(10)4-8-2-3-12-6-9(8)5-11/h7-9,11H,2-6H2,1H3. The summed E-state index contributed by atoms with van der Waals surface area (Å²) in [6.45, 7) is 3.00. The highest BCUT2D eigenvalue weighted by Crippen LogP contribution is 2.26. The van der Waals surface area contributed by atoms with Crippen molar-refractivity contribution >= 4 is 0 Å². The summed E-state index contributed by atoms with van der Waals surface area (Å²) in [7, 11) is 0. The molecule has 0 bridgehead atoms. The molecule has 0 aromatic heterocycles. The minimum Gasteiger partial charge on any atom is -0.396 e. The lowest BCUT2D eigenvalue weighted by Crippen LogP contribution is -2.31. The van der Waals surface area contributed by atoms with Crippen LogP contribution in [0, 0.1) is 11.8 Å². The average molecular weight is 176 g/mol. The average Bonchev–Trinajstić information content (AvgIpc) is 2.04. The molecule has 3 unspecified atom stereocenters. The maximum Gasteiger partial charge on any atom is 0.0976 e. The third-order valence-electron chi connectivity index (χ3n) is 2.49. The molecule has 2 nitrogen and oxygen atoms in total. The van der Waals surface area contributed by atoms with Gasteiger partial charge in [-0.2, -0.15) is 0 Å². The van der Waals surface area contributed by atoms with Crippen molar-refractivity contribution in [1.29, 1.82) is 0 Å². The van der Waals surface area contributed by atoms with Crippen LogP contribution in [0.4, 0.5) is 4.39 Å². The van der Waals surface area contributed by atoms with Crippen LogP contribution in [0.1, 0.15) is 19.8 Å². The third-order valence-corrected chi connectivity index (χ3v) is 2.49. The van der Waals surface area contributed by atoms with E-state index in [-0.39, 0.29) is 12.5 Å². The maximum absolute atomic E-state index is 12.7. The van der Waals surface area contributed by atoms with Gasteiger partial charge >= 0.3 is 0 Å². The molecule has 12 heavy (non-hydrogen) atoms. The molecule has 3 atom stereocenters. The molecular formula is C9H17FO2. The highest BCUT2D eigenvalue weighted by Gasteiger charge is 2.26. The molecule has 3 heteroatoms. The fraction of sp³-hybridized carbons (Fsp3) is 1.00. The molecule has 1 N–H and O–H groups in total. The largest absolute Gasteiger partial charge is 0.396 e. The summed E-state index contributed by atoms with van der Waals surface area (Å²) >= 11 is 0. The maximum atomic E-state index is 12.7. The Morgan fingerprint density at radius 2 is 2.33 bits per heavy atom. The third kappa shape index (κ3) is 2.72. The Kier molecular flexibility index (Phi) is 3.95. The molecule has 72 valence electrons. The Labute approximate surface area is 72.7 Å². The van der Waals surface area contributed by atoms with Crippen LogP contribution in [0.15, 0.2) is 0 Å². The monoisotopic (exact) mass is 176 g/mol. The van der Waals surface area contributed by atoms with Gasteiger partial charge in [-0.3, -0.25) is 0 Å². The van der Waals surface area contributed by atoms with E-state index in [1.54, 1.807) is 6.92 Å². The van der Waals surface area contributed by atoms with E-state index in [2.05, 4.69) is 0 Å². The van der Waals surface area contributed by atoms with Crippen LogP contribution in [-0.2, 0) is 4.74 Å². The van der Waals surface area contributed by atoms with Crippen LogP contribution in [0.3, 0.4) is 0 Å². The molecule has 1 aliphatic heterocycles. The smallest absolute Gasteiger partial charge is 0.0976 e. The molecule has 0 aliphatic carbocycles. The van der Waals surface area contributed by atoms with E-state index in [1.165, 1.54) is 0 Å². The summed E-state index contributed by atoms with van der Waals surface area (Å²) in [4.78, 5) is 0. The van der Waals surface area contributed by atoms with Crippen molar-refractivity contribution in [2.45, 2.75) is 25.9 Å². The van der Waals surface area contributed by atoms with Crippen molar-refractivity contribution in [3.05, 3.63) is 0 Å². The van der Waals surface area contributed by atoms with Gasteiger partial charge in [0, 0.05) is 19.1 Å². The van der Waals surface area contributed by atoms with E-state index in [4.69, 9.17) is 9.84 Å². The summed E-state index contributed by atoms with van der Waals surface area (Å²) in [5, 5.41) is 8.97. The van der Waals surface area contributed by atoms with Crippen molar-refractivity contribution in [2.24, 2.45) is 11.8 Å². The van der Waals surface area contributed by atoms with Crippen molar-refractivity contribution in [2.75, 3.05) is 19.8 Å². The fourth-order valence-electron chi connectivity index (χ4n) is 1.77. The molecule has 0 saturated carbocycles. The number of hydrogen-bond acceptors (Lipinski definition) is 2. The van der Waals surface area contributed by atoms with E-state index in [0.29, 0.717) is 25.6 Å². The molecule has 1 heterocycles. The van der Waals surface area contributed by atoms with Gasteiger partial charge in [0.2, 0.25) is 0 Å². The predicted molar refractivity (Wildman–Crippen MR) is 44.7 cm³/mol. The Morgan fingerprint density at radius 1 is 1.58 bits per heavy atom. The SMILES string of the molecule is CC(F)CC1CCOCC1CO. The lowest BCUT2D eigenvalue weighted by molar-refractivity contribution is -0.0151. The molecule has 0 spiro atoms. The second kappa shape index (κ2) is 4.77. The number of ether oxygens (including phenoxy) is 1. The Balaban J connectivity index is 2.36. The first kappa shape index (κ1) is 9.93. The van der Waals surface area contributed by atoms with Gasteiger partial charge in [-0.15, -0.1) is 0 Å². The highest BCUT2D eigenvalue weighted by molar-refractivity contribution is 4.74. The van der Waals surface area contributed by atoms with Crippen molar-refractivity contribution in [1.82, 2.24) is 0 Å². The molecule has 0 radical (unpaired) electrons. The van der Waals surface area contributed by atoms with Crippen molar-refractivity contribution in [3.63, 3.8) is 0 Å². The normalized spacial score (nSPS) is 33.2. The van der Waals surface area contributed by atoms with Gasteiger partial charge in [0.1, 0.15) is 0 Å². The molecule has 0 amide bonds. The summed E-state index contributed by atoms with van der Waals surface area (Å²) in [6.07, 6.45) is 0.691. The molecule has 1 aliphatic rings. The summed E-state index contributed by atoms with van der Waals surface area (Å²) in [5.41, 5.74) is 0. The van der Waals surface area contributed by atoms with Gasteiger partial charge in [-0.05, 0) is 25.7 Å². The van der Waals surface area contributed by atoms with Crippen LogP contribution in [0.5, 0.6) is 0 Å². The van der Waals surface area contributed by atoms with E-state index in [0.717, 1.165) is 6.42 Å². The van der Waals surface area contributed by atoms with Gasteiger partial charge < -0.3 is 9.84 Å². The second-order valence-electron chi connectivity index (χ2n) is 3.58. The first-order valence-corrected chi connectivity index (χ1v) is 4.56. The molecule has 1 fully saturated rings. The van der Waals surface area contributed by atoms with E-state index >= 15 is 0 Å². The van der Waals surface area contributed by atoms with Crippen LogP contribution in [0.2, 0.25) is 0 Å². The Bertz CT molecular complexity index is 128. The molecule has 0 aromatic carbocycles. The minimum atomic E-state index is -0.762. The zero-order valence-corrected chi connectivity index (χ0v) is 7.50. The van der Waals surface area contributed by atoms with Gasteiger partial charge in [-0.25, -0.2) is 4.39 Å². The highest BCUT2D eigenvalue weighted by atomic mass is 19.1. The molecule has 1 rings (SSSR count). The lowest BCUT2D eigenvalue weighted by Gasteiger charge is -2.30. The van der Waals surface area contributed by atoms with E-state index in [9.17, 15) is 4.39 Å². The van der Waals surface area contributed by atoms with E-state index < -0.39 is 6.17 Å². The van der Waals surface area contributed by atoms with Crippen LogP contribution in [0.25, 0.3) is 0 Å². The quantitative estimate of drug-likeness (QED) is 0.704. The van der Waals surface area contributed by atoms with Crippen LogP contribution < -0.4 is 0 Å². The predicted octanol–water partition coefficient (Wildman–Crippen LogP) is 1.38. The topological polar surface area (TPSA) is 29.5 Å². The number of aliphatic hydroxyl groups excluding tert-OH is 1. The van der Waals surface area contributed by atoms with Crippen LogP contribution in [-0.4, -0.2) is 31.1 Å². The number of alkyl halides is 1. The molecule has 1 saturated heterocycles. The Hall–Kier alpha value is -0.150. The number of hydrogen-bond donors (Lipinski definition) is 1. The fourth-order valence-corrected chi connectivity index (χ4v) is 1.77. The van der Waals surface area contributed by atoms with E-state index in [1.807, 2.05) is 0 Å². The number of halogens is 1. The van der Waals surface area contributed by atoms with Gasteiger partial charge in [0.05, 0.1) is 12.8 Å². The molecule has 0 aromatic rings. The van der Waals surface area contributed by atoms with Crippen LogP contribution >= 0.6 is 0 Å². The number of rotatable bonds is 3. The number of aliphatic hydroxyl groups is 1. The zero-order valence-electron chi connectivity index (χ0n) is 7.50. The lowest BCUT2D eigenvalue weighted by atomic mass is 9.85. The van der Waals surface area contributed by atoms with Crippen molar-refractivity contribution < 1.29 is 14.2 Å². The molecular weight excluding hydrogens is 159 g/mol. The summed E-state index contributed by atoms with van der Waals surface area (Å²) in [6, 6.07) is 0. The zero-order chi connectivity index (χ0) is 8.97. The van der Waals surface area contributed by atoms with Gasteiger partial charge in [-0.1, -0.05) is 0 Å². The summed E-state index contributed by atoms with van der Waals surface area (Å²) < 4.78 is 17.9. The minimum absolute atomic E-state index is 0.122. The van der Waals surface area contributed by atoms with Gasteiger partial charge in [0.25, 0.3) is 0 Å². The summed E-state index contributed by atoms with van der Waals surface area (Å²) in [5.74, 6) is 0.459. The van der Waals surface area contributed by atoms with Crippen molar-refractivity contribution in [3.8, 4) is 0 Å². The van der Waals surface area contributed by atoms with Gasteiger partial charge in [0.15, 0.2) is 0 Å². The Morgan fingerprint density at radius 3 is 2.92 bits per heavy atom. The first-order valence-electron chi connectivity index (χ1n) is 4.56. The first-order chi connectivity index (χ1) is 5.74. The second-order valence-corrected chi connectivity index (χ2v) is 3.58.